The fourth-order valence-corrected chi connectivity index (χ4v) is 2.89. The van der Waals surface area contributed by atoms with Crippen molar-refractivity contribution in [3.8, 4) is 11.3 Å². The molecule has 1 aromatic heterocycles. The molecule has 0 aliphatic carbocycles. The highest BCUT2D eigenvalue weighted by molar-refractivity contribution is 6.36. The topological polar surface area (TPSA) is 92.4 Å². The quantitative estimate of drug-likeness (QED) is 0.655. The van der Waals surface area contributed by atoms with Crippen molar-refractivity contribution in [2.24, 2.45) is 0 Å². The van der Waals surface area contributed by atoms with Crippen LogP contribution in [0, 0.1) is 0 Å². The zero-order valence-corrected chi connectivity index (χ0v) is 15.8. The predicted octanol–water partition coefficient (Wildman–Crippen LogP) is 4.34. The van der Waals surface area contributed by atoms with Crippen molar-refractivity contribution < 1.29 is 19.1 Å². The number of hydrogen-bond acceptors (Lipinski definition) is 4. The minimum Gasteiger partial charge on any atom is -0.480 e. The lowest BCUT2D eigenvalue weighted by atomic mass is 10.1. The molecule has 6 nitrogen and oxygen atoms in total. The van der Waals surface area contributed by atoms with Gasteiger partial charge in [-0.2, -0.15) is 0 Å². The van der Waals surface area contributed by atoms with Gasteiger partial charge in [0.15, 0.2) is 11.7 Å². The van der Waals surface area contributed by atoms with Gasteiger partial charge in [0.25, 0.3) is 0 Å². The van der Waals surface area contributed by atoms with Crippen molar-refractivity contribution in [1.29, 1.82) is 0 Å². The predicted molar refractivity (Wildman–Crippen MR) is 99.4 cm³/mol. The molecule has 1 amide bonds. The van der Waals surface area contributed by atoms with Crippen LogP contribution in [0.4, 0.5) is 0 Å². The number of carbonyl (C=O) groups excluding carboxylic acids is 1. The molecule has 0 fully saturated rings. The summed E-state index contributed by atoms with van der Waals surface area (Å²) in [5.41, 5.74) is 0.657. The Balaban J connectivity index is 1.92. The van der Waals surface area contributed by atoms with Gasteiger partial charge in [0.1, 0.15) is 6.04 Å². The fraction of sp³-hybridized carbons (Fsp3) is 0.389. The maximum atomic E-state index is 12.0. The van der Waals surface area contributed by atoms with E-state index in [-0.39, 0.29) is 18.7 Å². The van der Waals surface area contributed by atoms with Gasteiger partial charge >= 0.3 is 5.97 Å². The Morgan fingerprint density at radius 3 is 2.77 bits per heavy atom. The summed E-state index contributed by atoms with van der Waals surface area (Å²) in [4.78, 5) is 27.3. The first-order valence-electron chi connectivity index (χ1n) is 8.33. The van der Waals surface area contributed by atoms with E-state index < -0.39 is 12.0 Å². The molecular weight excluding hydrogens is 379 g/mol. The highest BCUT2D eigenvalue weighted by Gasteiger charge is 2.19. The summed E-state index contributed by atoms with van der Waals surface area (Å²) in [6.45, 7) is 1.97. The summed E-state index contributed by atoms with van der Waals surface area (Å²) in [5.74, 6) is -0.518. The monoisotopic (exact) mass is 398 g/mol. The van der Waals surface area contributed by atoms with E-state index in [2.05, 4.69) is 10.3 Å². The van der Waals surface area contributed by atoms with Crippen molar-refractivity contribution in [2.75, 3.05) is 0 Å². The molecule has 0 aliphatic heterocycles. The number of nitrogens with one attached hydrogen (secondary N) is 1. The Bertz CT molecular complexity index is 776. The third-order valence-corrected chi connectivity index (χ3v) is 4.34. The first-order chi connectivity index (χ1) is 12.4. The highest BCUT2D eigenvalue weighted by atomic mass is 35.5. The van der Waals surface area contributed by atoms with Crippen LogP contribution < -0.4 is 5.32 Å². The number of oxazole rings is 1. The second-order valence-corrected chi connectivity index (χ2v) is 6.69. The summed E-state index contributed by atoms with van der Waals surface area (Å²) in [7, 11) is 0. The number of hydrogen-bond donors (Lipinski definition) is 2. The second-order valence-electron chi connectivity index (χ2n) is 5.84. The number of carbonyl (C=O) groups is 2. The lowest BCUT2D eigenvalue weighted by Crippen LogP contribution is -2.40. The number of carboxylic acids is 1. The number of halogens is 2. The van der Waals surface area contributed by atoms with E-state index in [9.17, 15) is 9.59 Å². The molecule has 8 heteroatoms. The largest absolute Gasteiger partial charge is 0.480 e. The van der Waals surface area contributed by atoms with Crippen molar-refractivity contribution in [1.82, 2.24) is 10.3 Å². The van der Waals surface area contributed by atoms with Crippen LogP contribution in [0.1, 0.15) is 38.5 Å². The average molecular weight is 399 g/mol. The maximum Gasteiger partial charge on any atom is 0.326 e. The Morgan fingerprint density at radius 2 is 2.12 bits per heavy atom. The number of amides is 1. The molecule has 0 saturated carbocycles. The van der Waals surface area contributed by atoms with Crippen molar-refractivity contribution >= 4 is 35.1 Å². The van der Waals surface area contributed by atoms with Crippen LogP contribution >= 0.6 is 23.2 Å². The average Bonchev–Trinajstić information content (AvgIpc) is 3.05. The van der Waals surface area contributed by atoms with Crippen molar-refractivity contribution in [3.05, 3.63) is 40.3 Å². The van der Waals surface area contributed by atoms with Crippen LogP contribution in [0.2, 0.25) is 10.0 Å². The standard InChI is InChI=1S/C18H20Cl2N2O4/c1-2-3-4-14(18(24)25)22-16(23)7-8-17-21-10-15(26-17)12-6-5-11(19)9-13(12)20/h5-6,9-10,14H,2-4,7-8H2,1H3,(H,22,23)(H,24,25). The van der Waals surface area contributed by atoms with E-state index in [1.807, 2.05) is 6.92 Å². The number of aryl methyl sites for hydroxylation is 1. The molecule has 0 bridgehead atoms. The molecule has 1 aromatic carbocycles. The van der Waals surface area contributed by atoms with E-state index in [1.54, 1.807) is 18.2 Å². The molecule has 140 valence electrons. The molecule has 2 rings (SSSR count). The molecule has 1 unspecified atom stereocenters. The first kappa shape index (κ1) is 20.3. The highest BCUT2D eigenvalue weighted by Crippen LogP contribution is 2.30. The van der Waals surface area contributed by atoms with E-state index >= 15 is 0 Å². The van der Waals surface area contributed by atoms with Crippen LogP contribution in [0.3, 0.4) is 0 Å². The third-order valence-electron chi connectivity index (χ3n) is 3.80. The molecule has 1 heterocycles. The number of aromatic nitrogens is 1. The summed E-state index contributed by atoms with van der Waals surface area (Å²) >= 11 is 12.0. The lowest BCUT2D eigenvalue weighted by molar-refractivity contribution is -0.142. The number of rotatable bonds is 9. The molecule has 0 aliphatic rings. The zero-order valence-electron chi connectivity index (χ0n) is 14.3. The minimum absolute atomic E-state index is 0.0875. The van der Waals surface area contributed by atoms with Gasteiger partial charge in [-0.1, -0.05) is 43.0 Å². The lowest BCUT2D eigenvalue weighted by Gasteiger charge is -2.13. The molecule has 26 heavy (non-hydrogen) atoms. The SMILES string of the molecule is CCCCC(NC(=O)CCc1ncc(-c2ccc(Cl)cc2Cl)o1)C(=O)O. The van der Waals surface area contributed by atoms with Crippen LogP contribution in [0.25, 0.3) is 11.3 Å². The van der Waals surface area contributed by atoms with Gasteiger partial charge in [-0.15, -0.1) is 0 Å². The van der Waals surface area contributed by atoms with Crippen LogP contribution in [0.15, 0.2) is 28.8 Å². The van der Waals surface area contributed by atoms with Gasteiger partial charge in [-0.3, -0.25) is 4.79 Å². The minimum atomic E-state index is -1.03. The van der Waals surface area contributed by atoms with Gasteiger partial charge in [0.2, 0.25) is 5.91 Å². The first-order valence-corrected chi connectivity index (χ1v) is 9.08. The Hall–Kier alpha value is -2.05. The van der Waals surface area contributed by atoms with Crippen molar-refractivity contribution in [3.63, 3.8) is 0 Å². The Kier molecular flexibility index (Phi) is 7.48. The molecule has 2 aromatic rings. The van der Waals surface area contributed by atoms with Gasteiger partial charge < -0.3 is 14.8 Å². The summed E-state index contributed by atoms with van der Waals surface area (Å²) in [6, 6.07) is 4.17. The summed E-state index contributed by atoms with van der Waals surface area (Å²) in [5, 5.41) is 12.6. The van der Waals surface area contributed by atoms with Gasteiger partial charge in [-0.25, -0.2) is 9.78 Å². The zero-order chi connectivity index (χ0) is 19.1. The number of carboxylic acid groups (broad SMARTS) is 1. The molecule has 0 spiro atoms. The van der Waals surface area contributed by atoms with Gasteiger partial charge in [0, 0.05) is 23.4 Å². The van der Waals surface area contributed by atoms with Crippen LogP contribution in [0.5, 0.6) is 0 Å². The molecule has 0 saturated heterocycles. The molecule has 2 N–H and O–H groups in total. The maximum absolute atomic E-state index is 12.0. The van der Waals surface area contributed by atoms with E-state index in [0.717, 1.165) is 12.8 Å². The Morgan fingerprint density at radius 1 is 1.35 bits per heavy atom. The molecular formula is C18H20Cl2N2O4. The number of unbranched alkanes of at least 4 members (excludes halogenated alkanes) is 1. The van der Waals surface area contributed by atoms with Crippen molar-refractivity contribution in [2.45, 2.75) is 45.1 Å². The number of benzene rings is 1. The molecule has 1 atom stereocenters. The summed E-state index contributed by atoms with van der Waals surface area (Å²) < 4.78 is 5.62. The number of nitrogens with zero attached hydrogens (tertiary/aromatic N) is 1. The van der Waals surface area contributed by atoms with Gasteiger partial charge in [0.05, 0.1) is 11.2 Å². The van der Waals surface area contributed by atoms with Crippen LogP contribution in [-0.4, -0.2) is 28.0 Å². The smallest absolute Gasteiger partial charge is 0.326 e. The Labute approximate surface area is 161 Å². The normalized spacial score (nSPS) is 12.0. The summed E-state index contributed by atoms with van der Waals surface area (Å²) in [6.07, 6.45) is 3.90. The third kappa shape index (κ3) is 5.75. The van der Waals surface area contributed by atoms with Crippen LogP contribution in [-0.2, 0) is 16.0 Å². The van der Waals surface area contributed by atoms with E-state index in [0.29, 0.717) is 33.7 Å². The van der Waals surface area contributed by atoms with Gasteiger partial charge in [-0.05, 0) is 24.6 Å². The van der Waals surface area contributed by atoms with E-state index in [1.165, 1.54) is 6.20 Å². The number of aliphatic carboxylic acids is 1. The second kappa shape index (κ2) is 9.59. The molecule has 0 radical (unpaired) electrons. The fourth-order valence-electron chi connectivity index (χ4n) is 2.39. The van der Waals surface area contributed by atoms with E-state index in [4.69, 9.17) is 32.7 Å².